The number of benzene rings is 2. The Hall–Kier alpha value is -5.26. The lowest BCUT2D eigenvalue weighted by Gasteiger charge is -2.21. The first-order valence-corrected chi connectivity index (χ1v) is 14.5. The fourth-order valence-electron chi connectivity index (χ4n) is 4.65. The zero-order valence-electron chi connectivity index (χ0n) is 24.9. The predicted molar refractivity (Wildman–Crippen MR) is 169 cm³/mol. The van der Waals surface area contributed by atoms with Crippen molar-refractivity contribution in [3.8, 4) is 0 Å². The van der Waals surface area contributed by atoms with Crippen molar-refractivity contribution in [1.29, 1.82) is 0 Å². The van der Waals surface area contributed by atoms with E-state index in [-0.39, 0.29) is 24.7 Å². The number of imidazole rings is 1. The third-order valence-corrected chi connectivity index (χ3v) is 7.02. The van der Waals surface area contributed by atoms with Gasteiger partial charge < -0.3 is 25.5 Å². The Balaban J connectivity index is 1.49. The van der Waals surface area contributed by atoms with Gasteiger partial charge in [0.2, 0.25) is 0 Å². The Bertz CT molecular complexity index is 1630. The van der Waals surface area contributed by atoms with E-state index < -0.39 is 12.1 Å². The number of rotatable bonds is 14. The van der Waals surface area contributed by atoms with Crippen molar-refractivity contribution in [3.05, 3.63) is 83.8 Å². The number of carboxylic acids is 1. The lowest BCUT2D eigenvalue weighted by Crippen LogP contribution is -2.33. The van der Waals surface area contributed by atoms with E-state index in [0.29, 0.717) is 47.1 Å². The molecule has 0 saturated heterocycles. The number of aliphatic imine (C=N–C) groups is 1. The zero-order valence-corrected chi connectivity index (χ0v) is 24.9. The number of aryl methyl sites for hydroxylation is 1. The Morgan fingerprint density at radius 1 is 1.07 bits per heavy atom. The van der Waals surface area contributed by atoms with Crippen LogP contribution < -0.4 is 16.0 Å². The molecule has 2 aromatic carbocycles. The third-order valence-electron chi connectivity index (χ3n) is 7.02. The molecule has 44 heavy (non-hydrogen) atoms. The van der Waals surface area contributed by atoms with Crippen LogP contribution in [-0.4, -0.2) is 56.6 Å². The van der Waals surface area contributed by atoms with E-state index in [2.05, 4.69) is 22.2 Å². The van der Waals surface area contributed by atoms with Crippen molar-refractivity contribution in [2.75, 3.05) is 23.4 Å². The summed E-state index contributed by atoms with van der Waals surface area (Å²) < 4.78 is 7.10. The molecule has 0 atom stereocenters. The molecular weight excluding hydrogens is 562 g/mol. The first-order valence-electron chi connectivity index (χ1n) is 14.5. The SMILES string of the molecule is CCCCCCOC(=O)N=C(N)c1ccccc1NCc1nc2cc(C(=O)N(CCC(=O)O)c3ccccn3)ccc2n1C. The molecule has 0 aliphatic carbocycles. The molecule has 0 saturated carbocycles. The number of ether oxygens (including phenoxy) is 1. The van der Waals surface area contributed by atoms with Gasteiger partial charge in [-0.2, -0.15) is 4.99 Å². The van der Waals surface area contributed by atoms with Gasteiger partial charge in [0.1, 0.15) is 17.5 Å². The Kier molecular flexibility index (Phi) is 11.0. The number of nitrogens with zero attached hydrogens (tertiary/aromatic N) is 5. The Morgan fingerprint density at radius 2 is 1.86 bits per heavy atom. The van der Waals surface area contributed by atoms with E-state index >= 15 is 0 Å². The second kappa shape index (κ2) is 15.3. The van der Waals surface area contributed by atoms with Gasteiger partial charge in [0.15, 0.2) is 0 Å². The number of amides is 2. The molecular formula is C32H37N7O5. The summed E-state index contributed by atoms with van der Waals surface area (Å²) in [4.78, 5) is 51.1. The lowest BCUT2D eigenvalue weighted by atomic mass is 10.1. The van der Waals surface area contributed by atoms with Crippen molar-refractivity contribution < 1.29 is 24.2 Å². The highest BCUT2D eigenvalue weighted by atomic mass is 16.5. The second-order valence-corrected chi connectivity index (χ2v) is 10.2. The normalized spacial score (nSPS) is 11.4. The molecule has 2 amide bonds. The number of hydrogen-bond donors (Lipinski definition) is 3. The fourth-order valence-corrected chi connectivity index (χ4v) is 4.65. The Morgan fingerprint density at radius 3 is 2.61 bits per heavy atom. The standard InChI is InChI=1S/C32H37N7O5/c1-3-4-5-10-19-44-32(43)37-30(33)23-11-6-7-12-24(23)35-21-28-36-25-20-22(14-15-26(25)38(28)2)31(42)39(18-16-29(40)41)27-13-8-9-17-34-27/h6-9,11-15,17,20,35H,3-5,10,16,18-19,21H2,1-2H3,(H,40,41)(H2,33,37,43). The largest absolute Gasteiger partial charge is 0.481 e. The number of unbranched alkanes of at least 4 members (excludes halogenated alkanes) is 3. The number of aliphatic carboxylic acids is 1. The highest BCUT2D eigenvalue weighted by Gasteiger charge is 2.21. The van der Waals surface area contributed by atoms with E-state index in [9.17, 15) is 19.5 Å². The predicted octanol–water partition coefficient (Wildman–Crippen LogP) is 5.12. The van der Waals surface area contributed by atoms with Crippen LogP contribution in [0.1, 0.15) is 60.8 Å². The monoisotopic (exact) mass is 599 g/mol. The fraction of sp³-hybridized carbons (Fsp3) is 0.312. The van der Waals surface area contributed by atoms with Crippen LogP contribution in [-0.2, 0) is 23.1 Å². The highest BCUT2D eigenvalue weighted by Crippen LogP contribution is 2.22. The topological polar surface area (TPSA) is 165 Å². The van der Waals surface area contributed by atoms with Gasteiger partial charge in [0.05, 0.1) is 30.6 Å². The number of anilines is 2. The number of aromatic nitrogens is 3. The molecule has 0 fully saturated rings. The minimum atomic E-state index is -1.01. The molecule has 0 unspecified atom stereocenters. The van der Waals surface area contributed by atoms with Crippen molar-refractivity contribution in [2.45, 2.75) is 45.6 Å². The molecule has 4 aromatic rings. The van der Waals surface area contributed by atoms with Crippen LogP contribution in [0.4, 0.5) is 16.3 Å². The zero-order chi connectivity index (χ0) is 31.5. The van der Waals surface area contributed by atoms with Crippen LogP contribution in [0.15, 0.2) is 71.9 Å². The molecule has 0 bridgehead atoms. The maximum absolute atomic E-state index is 13.5. The summed E-state index contributed by atoms with van der Waals surface area (Å²) in [5, 5.41) is 12.5. The average molecular weight is 600 g/mol. The summed E-state index contributed by atoms with van der Waals surface area (Å²) in [6.45, 7) is 2.71. The van der Waals surface area contributed by atoms with Gasteiger partial charge in [-0.15, -0.1) is 0 Å². The summed E-state index contributed by atoms with van der Waals surface area (Å²) in [5.41, 5.74) is 9.16. The van der Waals surface area contributed by atoms with E-state index in [4.69, 9.17) is 15.5 Å². The Labute approximate surface area is 255 Å². The molecule has 2 aromatic heterocycles. The maximum Gasteiger partial charge on any atom is 0.435 e. The van der Waals surface area contributed by atoms with Crippen LogP contribution in [0.3, 0.4) is 0 Å². The van der Waals surface area contributed by atoms with Gasteiger partial charge in [0, 0.05) is 36.6 Å². The molecule has 230 valence electrons. The third kappa shape index (κ3) is 8.18. The average Bonchev–Trinajstić information content (AvgIpc) is 3.34. The molecule has 0 radical (unpaired) electrons. The maximum atomic E-state index is 13.5. The summed E-state index contributed by atoms with van der Waals surface area (Å²) in [7, 11) is 1.87. The highest BCUT2D eigenvalue weighted by molar-refractivity contribution is 6.07. The summed E-state index contributed by atoms with van der Waals surface area (Å²) in [6, 6.07) is 17.5. The minimum Gasteiger partial charge on any atom is -0.481 e. The number of carboxylic acid groups (broad SMARTS) is 1. The molecule has 0 spiro atoms. The van der Waals surface area contributed by atoms with Crippen molar-refractivity contribution >= 4 is 46.3 Å². The number of hydrogen-bond acceptors (Lipinski definition) is 7. The van der Waals surface area contributed by atoms with Gasteiger partial charge in [-0.05, 0) is 48.9 Å². The number of amidine groups is 1. The molecule has 4 rings (SSSR count). The molecule has 2 heterocycles. The number of nitrogens with one attached hydrogen (secondary N) is 1. The first-order chi connectivity index (χ1) is 21.3. The van der Waals surface area contributed by atoms with Gasteiger partial charge in [-0.25, -0.2) is 14.8 Å². The first kappa shape index (κ1) is 31.7. The van der Waals surface area contributed by atoms with Crippen LogP contribution in [0, 0.1) is 0 Å². The summed E-state index contributed by atoms with van der Waals surface area (Å²) in [5.74, 6) is -0.288. The second-order valence-electron chi connectivity index (χ2n) is 10.2. The van der Waals surface area contributed by atoms with E-state index in [1.54, 1.807) is 54.7 Å². The lowest BCUT2D eigenvalue weighted by molar-refractivity contribution is -0.136. The number of nitrogens with two attached hydrogens (primary N) is 1. The van der Waals surface area contributed by atoms with Crippen LogP contribution >= 0.6 is 0 Å². The summed E-state index contributed by atoms with van der Waals surface area (Å²) >= 11 is 0. The quantitative estimate of drug-likeness (QED) is 0.101. The molecule has 0 aliphatic heterocycles. The van der Waals surface area contributed by atoms with E-state index in [1.807, 2.05) is 23.7 Å². The minimum absolute atomic E-state index is 0.0247. The number of carbonyl (C=O) groups excluding carboxylic acids is 2. The number of fused-ring (bicyclic) bond motifs is 1. The number of carbonyl (C=O) groups is 3. The molecule has 12 nitrogen and oxygen atoms in total. The van der Waals surface area contributed by atoms with Gasteiger partial charge >= 0.3 is 12.1 Å². The molecule has 4 N–H and O–H groups in total. The van der Waals surface area contributed by atoms with Gasteiger partial charge in [0.25, 0.3) is 5.91 Å². The van der Waals surface area contributed by atoms with Crippen LogP contribution in [0.25, 0.3) is 11.0 Å². The van der Waals surface area contributed by atoms with Gasteiger partial charge in [-0.1, -0.05) is 44.4 Å². The molecule has 12 heteroatoms. The van der Waals surface area contributed by atoms with E-state index in [0.717, 1.165) is 31.2 Å². The smallest absolute Gasteiger partial charge is 0.435 e. The molecule has 0 aliphatic rings. The number of pyridine rings is 1. The van der Waals surface area contributed by atoms with Crippen molar-refractivity contribution in [2.24, 2.45) is 17.8 Å². The van der Waals surface area contributed by atoms with E-state index in [1.165, 1.54) is 4.90 Å². The van der Waals surface area contributed by atoms with Crippen LogP contribution in [0.2, 0.25) is 0 Å². The van der Waals surface area contributed by atoms with Gasteiger partial charge in [-0.3, -0.25) is 14.5 Å². The summed E-state index contributed by atoms with van der Waals surface area (Å²) in [6.07, 6.45) is 4.57. The van der Waals surface area contributed by atoms with Crippen molar-refractivity contribution in [1.82, 2.24) is 14.5 Å². The van der Waals surface area contributed by atoms with Crippen molar-refractivity contribution in [3.63, 3.8) is 0 Å². The number of para-hydroxylation sites is 1. The van der Waals surface area contributed by atoms with Crippen LogP contribution in [0.5, 0.6) is 0 Å².